The van der Waals surface area contributed by atoms with Gasteiger partial charge in [-0.15, -0.1) is 0 Å². The van der Waals surface area contributed by atoms with Crippen LogP contribution in [0.2, 0.25) is 10.0 Å². The normalized spacial score (nSPS) is 14.7. The summed E-state index contributed by atoms with van der Waals surface area (Å²) in [5.41, 5.74) is 1.42. The van der Waals surface area contributed by atoms with Crippen molar-refractivity contribution in [1.29, 1.82) is 0 Å². The summed E-state index contributed by atoms with van der Waals surface area (Å²) in [4.78, 5) is 39.0. The van der Waals surface area contributed by atoms with Gasteiger partial charge in [0, 0.05) is 18.7 Å². The molecule has 1 aliphatic rings. The summed E-state index contributed by atoms with van der Waals surface area (Å²) in [6.07, 6.45) is 1.31. The van der Waals surface area contributed by atoms with Crippen LogP contribution >= 0.6 is 23.2 Å². The molecule has 0 saturated carbocycles. The average Bonchev–Trinajstić information content (AvgIpc) is 3.11. The van der Waals surface area contributed by atoms with E-state index in [1.54, 1.807) is 47.4 Å². The van der Waals surface area contributed by atoms with Crippen molar-refractivity contribution < 1.29 is 14.4 Å². The molecule has 2 N–H and O–H groups in total. The monoisotopic (exact) mass is 447 g/mol. The zero-order valence-corrected chi connectivity index (χ0v) is 18.3. The Bertz CT molecular complexity index is 978. The Morgan fingerprint density at radius 3 is 2.40 bits per heavy atom. The van der Waals surface area contributed by atoms with Gasteiger partial charge in [0.05, 0.1) is 21.3 Å². The second kappa shape index (κ2) is 9.49. The van der Waals surface area contributed by atoms with E-state index in [0.29, 0.717) is 39.9 Å². The number of hydrogen-bond donors (Lipinski definition) is 2. The minimum atomic E-state index is -0.771. The smallest absolute Gasteiger partial charge is 0.253 e. The Morgan fingerprint density at radius 1 is 1.07 bits per heavy atom. The fourth-order valence-corrected chi connectivity index (χ4v) is 3.83. The van der Waals surface area contributed by atoms with Crippen LogP contribution in [0.25, 0.3) is 0 Å². The Morgan fingerprint density at radius 2 is 1.80 bits per heavy atom. The molecular weight excluding hydrogens is 425 g/mol. The minimum absolute atomic E-state index is 0.0378. The lowest BCUT2D eigenvalue weighted by Crippen LogP contribution is -2.47. The van der Waals surface area contributed by atoms with Gasteiger partial charge >= 0.3 is 0 Å². The first-order valence-electron chi connectivity index (χ1n) is 9.74. The van der Waals surface area contributed by atoms with Crippen molar-refractivity contribution in [3.8, 4) is 0 Å². The highest BCUT2D eigenvalue weighted by atomic mass is 35.5. The summed E-state index contributed by atoms with van der Waals surface area (Å²) in [5.74, 6) is -0.911. The quantitative estimate of drug-likeness (QED) is 0.683. The zero-order valence-electron chi connectivity index (χ0n) is 16.7. The number of anilines is 2. The number of amides is 3. The first kappa shape index (κ1) is 22.1. The number of nitrogens with one attached hydrogen (secondary N) is 2. The molecule has 0 aromatic heterocycles. The van der Waals surface area contributed by atoms with E-state index in [9.17, 15) is 14.4 Å². The van der Waals surface area contributed by atoms with Gasteiger partial charge < -0.3 is 15.5 Å². The first-order valence-corrected chi connectivity index (χ1v) is 10.5. The van der Waals surface area contributed by atoms with E-state index in [4.69, 9.17) is 23.2 Å². The third kappa shape index (κ3) is 4.94. The van der Waals surface area contributed by atoms with Gasteiger partial charge in [-0.2, -0.15) is 0 Å². The summed E-state index contributed by atoms with van der Waals surface area (Å²) in [6.45, 7) is 4.31. The second-order valence-electron chi connectivity index (χ2n) is 7.48. The molecular formula is C22H23Cl2N3O3. The molecule has 1 atom stereocenters. The van der Waals surface area contributed by atoms with Crippen LogP contribution in [-0.4, -0.2) is 30.3 Å². The fourth-order valence-electron chi connectivity index (χ4n) is 3.33. The fraction of sp³-hybridized carbons (Fsp3) is 0.318. The molecule has 0 radical (unpaired) electrons. The highest BCUT2D eigenvalue weighted by Gasteiger charge is 2.27. The maximum Gasteiger partial charge on any atom is 0.253 e. The molecule has 3 amide bonds. The number of nitrogens with zero attached hydrogens (tertiary/aromatic N) is 1. The summed E-state index contributed by atoms with van der Waals surface area (Å²) < 4.78 is 0. The van der Waals surface area contributed by atoms with E-state index in [0.717, 1.165) is 6.42 Å². The van der Waals surface area contributed by atoms with Gasteiger partial charge in [-0.1, -0.05) is 49.2 Å². The average molecular weight is 448 g/mol. The molecule has 1 heterocycles. The lowest BCUT2D eigenvalue weighted by Gasteiger charge is -2.23. The maximum absolute atomic E-state index is 12.8. The predicted molar refractivity (Wildman–Crippen MR) is 119 cm³/mol. The third-order valence-electron chi connectivity index (χ3n) is 4.93. The number of halogens is 2. The van der Waals surface area contributed by atoms with E-state index >= 15 is 0 Å². The molecule has 8 heteroatoms. The molecule has 0 spiro atoms. The van der Waals surface area contributed by atoms with Gasteiger partial charge in [0.1, 0.15) is 6.04 Å². The van der Waals surface area contributed by atoms with Crippen molar-refractivity contribution in [3.05, 3.63) is 58.1 Å². The van der Waals surface area contributed by atoms with Gasteiger partial charge in [0.15, 0.2) is 0 Å². The Hall–Kier alpha value is -2.57. The molecule has 158 valence electrons. The standard InChI is InChI=1S/C22H23Cl2N3O3/c1-13(2)20(26-21(29)15-6-3-4-7-16(15)23)22(30)25-14-9-10-18(17(24)12-14)27-11-5-8-19(27)28/h3-4,6-7,9-10,12-13,20H,5,8,11H2,1-2H3,(H,25,30)(H,26,29)/t20-/m0/s1. The molecule has 30 heavy (non-hydrogen) atoms. The molecule has 2 aromatic carbocycles. The van der Waals surface area contributed by atoms with Crippen molar-refractivity contribution in [1.82, 2.24) is 5.32 Å². The number of rotatable bonds is 6. The van der Waals surface area contributed by atoms with Crippen LogP contribution in [0.1, 0.15) is 37.0 Å². The van der Waals surface area contributed by atoms with Crippen LogP contribution < -0.4 is 15.5 Å². The molecule has 0 bridgehead atoms. The van der Waals surface area contributed by atoms with Gasteiger partial charge in [0.2, 0.25) is 11.8 Å². The van der Waals surface area contributed by atoms with Crippen LogP contribution in [-0.2, 0) is 9.59 Å². The number of carbonyl (C=O) groups excluding carboxylic acids is 3. The van der Waals surface area contributed by atoms with Crippen molar-refractivity contribution in [2.24, 2.45) is 5.92 Å². The SMILES string of the molecule is CC(C)[C@H](NC(=O)c1ccccc1Cl)C(=O)Nc1ccc(N2CCCC2=O)c(Cl)c1. The highest BCUT2D eigenvalue weighted by molar-refractivity contribution is 6.34. The molecule has 1 fully saturated rings. The summed E-state index contributed by atoms with van der Waals surface area (Å²) in [6, 6.07) is 10.9. The Balaban J connectivity index is 1.72. The second-order valence-corrected chi connectivity index (χ2v) is 8.29. The molecule has 2 aromatic rings. The Kier molecular flexibility index (Phi) is 7.00. The number of carbonyl (C=O) groups is 3. The van der Waals surface area contributed by atoms with E-state index in [-0.39, 0.29) is 17.7 Å². The van der Waals surface area contributed by atoms with Crippen LogP contribution in [0.4, 0.5) is 11.4 Å². The first-order chi connectivity index (χ1) is 14.3. The summed E-state index contributed by atoms with van der Waals surface area (Å²) in [5, 5.41) is 6.23. The van der Waals surface area contributed by atoms with Gasteiger partial charge in [0.25, 0.3) is 5.91 Å². The summed E-state index contributed by atoms with van der Waals surface area (Å²) in [7, 11) is 0. The van der Waals surface area contributed by atoms with Crippen LogP contribution in [0, 0.1) is 5.92 Å². The predicted octanol–water partition coefficient (Wildman–Crippen LogP) is 4.51. The van der Waals surface area contributed by atoms with Crippen LogP contribution in [0.5, 0.6) is 0 Å². The third-order valence-corrected chi connectivity index (χ3v) is 5.57. The van der Waals surface area contributed by atoms with Crippen molar-refractivity contribution in [2.75, 3.05) is 16.8 Å². The number of hydrogen-bond acceptors (Lipinski definition) is 3. The van der Waals surface area contributed by atoms with E-state index in [2.05, 4.69) is 10.6 Å². The lowest BCUT2D eigenvalue weighted by atomic mass is 10.0. The minimum Gasteiger partial charge on any atom is -0.340 e. The highest BCUT2D eigenvalue weighted by Crippen LogP contribution is 2.31. The van der Waals surface area contributed by atoms with E-state index in [1.807, 2.05) is 13.8 Å². The number of benzene rings is 2. The Labute approximate surface area is 185 Å². The van der Waals surface area contributed by atoms with Crippen molar-refractivity contribution >= 4 is 52.3 Å². The van der Waals surface area contributed by atoms with Crippen molar-refractivity contribution in [3.63, 3.8) is 0 Å². The molecule has 0 aliphatic carbocycles. The van der Waals surface area contributed by atoms with Crippen LogP contribution in [0.15, 0.2) is 42.5 Å². The van der Waals surface area contributed by atoms with E-state index < -0.39 is 11.9 Å². The van der Waals surface area contributed by atoms with Gasteiger partial charge in [-0.3, -0.25) is 14.4 Å². The van der Waals surface area contributed by atoms with Crippen molar-refractivity contribution in [2.45, 2.75) is 32.7 Å². The van der Waals surface area contributed by atoms with E-state index in [1.165, 1.54) is 0 Å². The van der Waals surface area contributed by atoms with Crippen LogP contribution in [0.3, 0.4) is 0 Å². The molecule has 6 nitrogen and oxygen atoms in total. The van der Waals surface area contributed by atoms with Gasteiger partial charge in [-0.05, 0) is 42.7 Å². The molecule has 3 rings (SSSR count). The topological polar surface area (TPSA) is 78.5 Å². The van der Waals surface area contributed by atoms with Gasteiger partial charge in [-0.25, -0.2) is 0 Å². The molecule has 1 saturated heterocycles. The maximum atomic E-state index is 12.8. The molecule has 1 aliphatic heterocycles. The molecule has 0 unspecified atom stereocenters. The zero-order chi connectivity index (χ0) is 21.8. The lowest BCUT2D eigenvalue weighted by molar-refractivity contribution is -0.119. The summed E-state index contributed by atoms with van der Waals surface area (Å²) >= 11 is 12.4. The largest absolute Gasteiger partial charge is 0.340 e.